The van der Waals surface area contributed by atoms with E-state index in [-0.39, 0.29) is 30.2 Å². The average molecular weight is 604 g/mol. The van der Waals surface area contributed by atoms with Gasteiger partial charge in [-0.2, -0.15) is 9.37 Å². The number of benzene rings is 1. The first kappa shape index (κ1) is 31.5. The molecule has 0 spiro atoms. The fourth-order valence-corrected chi connectivity index (χ4v) is 3.80. The standard InChI is InChI=1S/C20H23N7O7.C4H3FN2O2/c21-20-25-16-15(18(32)26-20)27(9-28)12(8-23-16)7-22-11-3-1-10(2-4-11)17(31)24-13(19(33)34)5-6-14(29)30;5-2-1-6-4(9)7-3(2)8/h1-4,9,12-13,22H,5-8H2,(H,24,31)(H,29,30)(H,33,34)(H4,21,23,25,26,32);1H,(H2,6,7,8,9)/t12?,13-;/m0./s1. The van der Waals surface area contributed by atoms with Gasteiger partial charge < -0.3 is 46.8 Å². The molecule has 1 aliphatic rings. The second kappa shape index (κ2) is 14.1. The summed E-state index contributed by atoms with van der Waals surface area (Å²) in [5.41, 5.74) is 4.04. The molecule has 228 valence electrons. The van der Waals surface area contributed by atoms with Gasteiger partial charge in [0.15, 0.2) is 5.69 Å². The molecule has 1 unspecified atom stereocenters. The fraction of sp³-hybridized carbons (Fsp3) is 0.250. The van der Waals surface area contributed by atoms with Crippen LogP contribution in [0, 0.1) is 5.82 Å². The highest BCUT2D eigenvalue weighted by Crippen LogP contribution is 2.25. The minimum atomic E-state index is -1.33. The van der Waals surface area contributed by atoms with Crippen LogP contribution in [0.25, 0.3) is 0 Å². The van der Waals surface area contributed by atoms with Crippen LogP contribution in [0.5, 0.6) is 0 Å². The van der Waals surface area contributed by atoms with Crippen molar-refractivity contribution in [1.82, 2.24) is 25.3 Å². The number of aromatic amines is 3. The molecule has 0 fully saturated rings. The number of fused-ring (bicyclic) bond motifs is 1. The van der Waals surface area contributed by atoms with Crippen LogP contribution in [0.15, 0.2) is 44.8 Å². The third-order valence-corrected chi connectivity index (χ3v) is 5.91. The monoisotopic (exact) mass is 603 g/mol. The summed E-state index contributed by atoms with van der Waals surface area (Å²) in [5, 5.41) is 26.3. The predicted molar refractivity (Wildman–Crippen MR) is 148 cm³/mol. The number of H-pyrrole nitrogens is 3. The Morgan fingerprint density at radius 1 is 1.16 bits per heavy atom. The van der Waals surface area contributed by atoms with Crippen LogP contribution in [0.2, 0.25) is 0 Å². The van der Waals surface area contributed by atoms with Crippen LogP contribution in [0.4, 0.5) is 27.5 Å². The van der Waals surface area contributed by atoms with E-state index in [1.54, 1.807) is 17.1 Å². The molecule has 2 aromatic heterocycles. The van der Waals surface area contributed by atoms with Gasteiger partial charge in [-0.25, -0.2) is 9.59 Å². The lowest BCUT2D eigenvalue weighted by atomic mass is 10.1. The molecular formula is C24H26FN9O9. The SMILES string of the molecule is Nc1nc(=O)c2c([nH]1)NCC(CNc1ccc(C(=O)N[C@@H](CCC(=O)O)C(=O)O)cc1)N2C=O.O=c1[nH]cc(F)c(=O)[nH]1. The highest BCUT2D eigenvalue weighted by atomic mass is 19.1. The highest BCUT2D eigenvalue weighted by Gasteiger charge is 2.29. The van der Waals surface area contributed by atoms with Crippen molar-refractivity contribution >= 4 is 47.4 Å². The van der Waals surface area contributed by atoms with E-state index in [1.807, 2.05) is 4.98 Å². The highest BCUT2D eigenvalue weighted by molar-refractivity contribution is 5.97. The number of carboxylic acids is 2. The van der Waals surface area contributed by atoms with Crippen molar-refractivity contribution < 1.29 is 33.8 Å². The van der Waals surface area contributed by atoms with Gasteiger partial charge >= 0.3 is 23.2 Å². The lowest BCUT2D eigenvalue weighted by Gasteiger charge is -2.34. The van der Waals surface area contributed by atoms with Gasteiger partial charge in [0.1, 0.15) is 11.9 Å². The van der Waals surface area contributed by atoms with E-state index >= 15 is 0 Å². The number of rotatable bonds is 10. The van der Waals surface area contributed by atoms with Gasteiger partial charge in [0.2, 0.25) is 18.2 Å². The molecular weight excluding hydrogens is 577 g/mol. The van der Waals surface area contributed by atoms with Crippen molar-refractivity contribution in [1.29, 1.82) is 0 Å². The van der Waals surface area contributed by atoms with Crippen molar-refractivity contribution in [3.05, 3.63) is 73.0 Å². The number of nitrogen functional groups attached to an aromatic ring is 1. The second-order valence-electron chi connectivity index (χ2n) is 8.87. The van der Waals surface area contributed by atoms with Crippen LogP contribution in [-0.2, 0) is 14.4 Å². The first-order valence-electron chi connectivity index (χ1n) is 12.3. The smallest absolute Gasteiger partial charge is 0.326 e. The number of amides is 2. The van der Waals surface area contributed by atoms with Crippen molar-refractivity contribution in [3.8, 4) is 0 Å². The van der Waals surface area contributed by atoms with Crippen LogP contribution >= 0.6 is 0 Å². The third kappa shape index (κ3) is 8.49. The maximum atomic E-state index is 12.3. The summed E-state index contributed by atoms with van der Waals surface area (Å²) in [6, 6.07) is 4.36. The van der Waals surface area contributed by atoms with Crippen LogP contribution in [0.1, 0.15) is 23.2 Å². The van der Waals surface area contributed by atoms with Gasteiger partial charge in [0, 0.05) is 37.0 Å². The molecule has 1 aliphatic heterocycles. The van der Waals surface area contributed by atoms with E-state index in [0.29, 0.717) is 30.7 Å². The molecule has 19 heteroatoms. The van der Waals surface area contributed by atoms with Gasteiger partial charge in [0.05, 0.1) is 6.04 Å². The van der Waals surface area contributed by atoms with Gasteiger partial charge in [0.25, 0.3) is 11.5 Å². The van der Waals surface area contributed by atoms with E-state index in [9.17, 15) is 43.1 Å². The van der Waals surface area contributed by atoms with Crippen LogP contribution in [-0.4, -0.2) is 79.6 Å². The topological polar surface area (TPSA) is 286 Å². The molecule has 43 heavy (non-hydrogen) atoms. The Labute approximate surface area is 239 Å². The van der Waals surface area contributed by atoms with Gasteiger partial charge in [-0.3, -0.25) is 29.0 Å². The minimum absolute atomic E-state index is 0.0603. The van der Waals surface area contributed by atoms with Crippen molar-refractivity contribution in [2.24, 2.45) is 0 Å². The van der Waals surface area contributed by atoms with E-state index in [0.717, 1.165) is 0 Å². The van der Waals surface area contributed by atoms with Gasteiger partial charge in [-0.05, 0) is 30.7 Å². The van der Waals surface area contributed by atoms with E-state index in [2.05, 4.69) is 25.9 Å². The molecule has 3 heterocycles. The molecule has 10 N–H and O–H groups in total. The Morgan fingerprint density at radius 3 is 2.44 bits per heavy atom. The normalized spacial score (nSPS) is 14.2. The molecule has 0 bridgehead atoms. The molecule has 0 aliphatic carbocycles. The number of carbonyl (C=O) groups excluding carboxylic acids is 2. The van der Waals surface area contributed by atoms with Gasteiger partial charge in [-0.15, -0.1) is 0 Å². The number of aromatic nitrogens is 4. The quantitative estimate of drug-likeness (QED) is 0.119. The van der Waals surface area contributed by atoms with Crippen molar-refractivity contribution in [2.45, 2.75) is 24.9 Å². The number of carboxylic acid groups (broad SMARTS) is 2. The maximum Gasteiger partial charge on any atom is 0.326 e. The Balaban J connectivity index is 0.000000480. The zero-order chi connectivity index (χ0) is 31.7. The molecule has 0 radical (unpaired) electrons. The Kier molecular flexibility index (Phi) is 10.3. The van der Waals surface area contributed by atoms with Gasteiger partial charge in [-0.1, -0.05) is 0 Å². The Hall–Kier alpha value is -6.01. The van der Waals surface area contributed by atoms with E-state index in [4.69, 9.17) is 10.8 Å². The molecule has 4 rings (SSSR count). The summed E-state index contributed by atoms with van der Waals surface area (Å²) in [6.07, 6.45) is 0.609. The maximum absolute atomic E-state index is 12.3. The summed E-state index contributed by atoms with van der Waals surface area (Å²) in [4.78, 5) is 89.7. The number of anilines is 4. The molecule has 2 atom stereocenters. The average Bonchev–Trinajstić information content (AvgIpc) is 2.96. The number of aliphatic carboxylic acids is 2. The summed E-state index contributed by atoms with van der Waals surface area (Å²) in [7, 11) is 0. The molecule has 0 saturated heterocycles. The first-order chi connectivity index (χ1) is 20.4. The number of hydrogen-bond donors (Lipinski definition) is 9. The Morgan fingerprint density at radius 2 is 1.86 bits per heavy atom. The van der Waals surface area contributed by atoms with E-state index in [1.165, 1.54) is 17.0 Å². The minimum Gasteiger partial charge on any atom is -0.481 e. The summed E-state index contributed by atoms with van der Waals surface area (Å²) < 4.78 is 12.0. The number of nitrogens with two attached hydrogens (primary N) is 1. The second-order valence-corrected chi connectivity index (χ2v) is 8.87. The van der Waals surface area contributed by atoms with Crippen LogP contribution in [0.3, 0.4) is 0 Å². The fourth-order valence-electron chi connectivity index (χ4n) is 3.80. The molecule has 18 nitrogen and oxygen atoms in total. The zero-order valence-electron chi connectivity index (χ0n) is 22.0. The summed E-state index contributed by atoms with van der Waals surface area (Å²) >= 11 is 0. The summed E-state index contributed by atoms with van der Waals surface area (Å²) in [6.45, 7) is 0.586. The number of carbonyl (C=O) groups is 4. The van der Waals surface area contributed by atoms with Crippen LogP contribution < -0.4 is 43.4 Å². The number of halogens is 1. The molecule has 2 amide bonds. The Bertz CT molecular complexity index is 1670. The van der Waals surface area contributed by atoms with E-state index < -0.39 is 59.0 Å². The zero-order valence-corrected chi connectivity index (χ0v) is 22.0. The molecule has 0 saturated carbocycles. The first-order valence-corrected chi connectivity index (χ1v) is 12.3. The number of nitrogens with zero attached hydrogens (tertiary/aromatic N) is 2. The predicted octanol–water partition coefficient (Wildman–Crippen LogP) is -1.53. The molecule has 1 aromatic carbocycles. The molecule has 3 aromatic rings. The summed E-state index contributed by atoms with van der Waals surface area (Å²) in [5.74, 6) is -3.90. The third-order valence-electron chi connectivity index (χ3n) is 5.91. The van der Waals surface area contributed by atoms with Crippen molar-refractivity contribution in [3.63, 3.8) is 0 Å². The van der Waals surface area contributed by atoms with Crippen molar-refractivity contribution in [2.75, 3.05) is 34.4 Å². The lowest BCUT2D eigenvalue weighted by Crippen LogP contribution is -2.50. The number of hydrogen-bond acceptors (Lipinski definition) is 11. The lowest BCUT2D eigenvalue weighted by molar-refractivity contribution is -0.140. The number of nitrogens with one attached hydrogen (secondary N) is 6. The largest absolute Gasteiger partial charge is 0.481 e.